The van der Waals surface area contributed by atoms with E-state index in [2.05, 4.69) is 35.2 Å². The molecule has 5 aromatic heterocycles. The number of nitrogens with two attached hydrogens (primary N) is 1. The van der Waals surface area contributed by atoms with Crippen molar-refractivity contribution < 1.29 is 9.59 Å². The molecule has 39 heavy (non-hydrogen) atoms. The Morgan fingerprint density at radius 1 is 1.08 bits per heavy atom. The summed E-state index contributed by atoms with van der Waals surface area (Å²) in [5.41, 5.74) is 11.4. The first-order valence-corrected chi connectivity index (χ1v) is 12.8. The van der Waals surface area contributed by atoms with E-state index in [0.29, 0.717) is 29.7 Å². The normalized spacial score (nSPS) is 20.5. The van der Waals surface area contributed by atoms with Crippen molar-refractivity contribution in [2.45, 2.75) is 50.6 Å². The number of carbonyl (C=O) groups is 2. The van der Waals surface area contributed by atoms with E-state index in [4.69, 9.17) is 10.7 Å². The zero-order valence-corrected chi connectivity index (χ0v) is 21.1. The summed E-state index contributed by atoms with van der Waals surface area (Å²) < 4.78 is 1.52. The summed E-state index contributed by atoms with van der Waals surface area (Å²) >= 11 is 0. The average molecular weight is 524 g/mol. The van der Waals surface area contributed by atoms with Gasteiger partial charge in [-0.2, -0.15) is 14.7 Å². The Morgan fingerprint density at radius 3 is 2.54 bits per heavy atom. The SMILES string of the molecule is CC(=O)c1c(C2C[C@H]3CC[C@@H](C2)N3C(=O)c2ncn[nH]2)nc2c(-c3ccc(-c4cnc[nH]4)nc3)cnn2c1N. The molecule has 0 saturated carbocycles. The van der Waals surface area contributed by atoms with Crippen molar-refractivity contribution in [1.82, 2.24) is 49.6 Å². The maximum atomic E-state index is 13.1. The lowest BCUT2D eigenvalue weighted by Crippen LogP contribution is -2.46. The number of amides is 1. The summed E-state index contributed by atoms with van der Waals surface area (Å²) in [6.45, 7) is 1.50. The molecule has 0 aromatic carbocycles. The Bertz CT molecular complexity index is 1680. The largest absolute Gasteiger partial charge is 0.383 e. The second kappa shape index (κ2) is 8.82. The van der Waals surface area contributed by atoms with Crippen LogP contribution in [-0.4, -0.2) is 73.4 Å². The van der Waals surface area contributed by atoms with Gasteiger partial charge in [-0.3, -0.25) is 19.7 Å². The third-order valence-corrected chi connectivity index (χ3v) is 7.88. The number of piperidine rings is 1. The Labute approximate surface area is 221 Å². The van der Waals surface area contributed by atoms with Crippen LogP contribution in [0.1, 0.15) is 65.2 Å². The van der Waals surface area contributed by atoms with Crippen LogP contribution in [0.4, 0.5) is 5.82 Å². The fourth-order valence-corrected chi connectivity index (χ4v) is 6.16. The molecule has 1 unspecified atom stereocenters. The topological polar surface area (TPSA) is 177 Å². The highest BCUT2D eigenvalue weighted by Crippen LogP contribution is 2.45. The van der Waals surface area contributed by atoms with Gasteiger partial charge in [0, 0.05) is 35.3 Å². The number of Topliss-reactive ketones (excluding diaryl/α,β-unsaturated/α-hetero) is 1. The second-order valence-electron chi connectivity index (χ2n) is 10.1. The van der Waals surface area contributed by atoms with Crippen LogP contribution in [0.15, 0.2) is 43.4 Å². The fourth-order valence-electron chi connectivity index (χ4n) is 6.16. The van der Waals surface area contributed by atoms with Crippen LogP contribution in [0, 0.1) is 0 Å². The molecule has 2 saturated heterocycles. The molecule has 7 rings (SSSR count). The molecule has 0 aliphatic carbocycles. The van der Waals surface area contributed by atoms with E-state index in [1.54, 1.807) is 24.9 Å². The number of pyridine rings is 1. The number of anilines is 1. The second-order valence-corrected chi connectivity index (χ2v) is 10.1. The van der Waals surface area contributed by atoms with Crippen LogP contribution >= 0.6 is 0 Å². The predicted molar refractivity (Wildman–Crippen MR) is 140 cm³/mol. The standard InChI is InChI=1S/C26H25N11O2/c1-13(38)21-22(15-6-16-3-4-17(7-15)36(16)26(39)24-31-12-32-35-24)34-25-18(9-33-37(25)23(21)27)14-2-5-19(29-8-14)20-10-28-11-30-20/h2,5,8-12,15-17H,3-4,6-7,27H2,1H3,(H,28,30)(H,31,32,35)/t15?,16-,17+. The number of nitrogens with one attached hydrogen (secondary N) is 2. The zero-order chi connectivity index (χ0) is 26.7. The summed E-state index contributed by atoms with van der Waals surface area (Å²) in [6, 6.07) is 3.90. The Balaban J connectivity index is 1.27. The average Bonchev–Trinajstić information content (AvgIpc) is 3.75. The molecule has 3 atom stereocenters. The highest BCUT2D eigenvalue weighted by molar-refractivity contribution is 6.00. The van der Waals surface area contributed by atoms with Crippen molar-refractivity contribution in [1.29, 1.82) is 0 Å². The molecular formula is C26H25N11O2. The van der Waals surface area contributed by atoms with E-state index in [-0.39, 0.29) is 41.3 Å². The lowest BCUT2D eigenvalue weighted by atomic mass is 9.85. The molecule has 4 N–H and O–H groups in total. The lowest BCUT2D eigenvalue weighted by Gasteiger charge is -2.38. The number of hydrogen-bond donors (Lipinski definition) is 3. The molecule has 2 aliphatic heterocycles. The lowest BCUT2D eigenvalue weighted by molar-refractivity contribution is 0.0556. The van der Waals surface area contributed by atoms with Crippen LogP contribution < -0.4 is 5.73 Å². The van der Waals surface area contributed by atoms with Gasteiger partial charge in [-0.05, 0) is 38.7 Å². The molecule has 2 bridgehead atoms. The van der Waals surface area contributed by atoms with Gasteiger partial charge in [0.25, 0.3) is 5.91 Å². The van der Waals surface area contributed by atoms with Crippen molar-refractivity contribution >= 4 is 23.2 Å². The molecule has 196 valence electrons. The van der Waals surface area contributed by atoms with Crippen molar-refractivity contribution in [3.63, 3.8) is 0 Å². The van der Waals surface area contributed by atoms with Crippen molar-refractivity contribution in [2.75, 3.05) is 5.73 Å². The minimum absolute atomic E-state index is 0.0222. The predicted octanol–water partition coefficient (Wildman–Crippen LogP) is 2.64. The van der Waals surface area contributed by atoms with Crippen molar-refractivity contribution in [3.05, 3.63) is 60.5 Å². The van der Waals surface area contributed by atoms with Crippen LogP contribution in [-0.2, 0) is 0 Å². The van der Waals surface area contributed by atoms with Gasteiger partial charge in [-0.15, -0.1) is 0 Å². The number of aromatic amines is 2. The van der Waals surface area contributed by atoms with Crippen molar-refractivity contribution in [2.24, 2.45) is 0 Å². The molecule has 0 radical (unpaired) electrons. The van der Waals surface area contributed by atoms with Gasteiger partial charge in [-0.1, -0.05) is 6.07 Å². The van der Waals surface area contributed by atoms with E-state index in [0.717, 1.165) is 35.4 Å². The van der Waals surface area contributed by atoms with Crippen LogP contribution in [0.5, 0.6) is 0 Å². The van der Waals surface area contributed by atoms with E-state index in [1.807, 2.05) is 17.0 Å². The summed E-state index contributed by atoms with van der Waals surface area (Å²) in [5, 5.41) is 11.0. The van der Waals surface area contributed by atoms with Gasteiger partial charge in [0.1, 0.15) is 12.1 Å². The fraction of sp³-hybridized carbons (Fsp3) is 0.308. The maximum absolute atomic E-state index is 13.1. The number of rotatable bonds is 5. The van der Waals surface area contributed by atoms with E-state index in [9.17, 15) is 9.59 Å². The number of hydrogen-bond acceptors (Lipinski definition) is 9. The number of carbonyl (C=O) groups excluding carboxylic acids is 2. The summed E-state index contributed by atoms with van der Waals surface area (Å²) in [4.78, 5) is 48.6. The Kier molecular flexibility index (Phi) is 5.25. The number of ketones is 1. The third kappa shape index (κ3) is 3.68. The van der Waals surface area contributed by atoms with Crippen LogP contribution in [0.2, 0.25) is 0 Å². The van der Waals surface area contributed by atoms with E-state index >= 15 is 0 Å². The van der Waals surface area contributed by atoms with Crippen LogP contribution in [0.3, 0.4) is 0 Å². The molecule has 13 heteroatoms. The number of fused-ring (bicyclic) bond motifs is 3. The Hall–Kier alpha value is -4.94. The van der Waals surface area contributed by atoms with Gasteiger partial charge in [-0.25, -0.2) is 15.0 Å². The highest BCUT2D eigenvalue weighted by Gasteiger charge is 2.45. The molecular weight excluding hydrogens is 498 g/mol. The van der Waals surface area contributed by atoms with Crippen LogP contribution in [0.25, 0.3) is 28.2 Å². The number of imidazole rings is 1. The van der Waals surface area contributed by atoms with Gasteiger partial charge in [0.05, 0.1) is 41.4 Å². The Morgan fingerprint density at radius 2 is 1.90 bits per heavy atom. The van der Waals surface area contributed by atoms with Crippen molar-refractivity contribution in [3.8, 4) is 22.5 Å². The smallest absolute Gasteiger partial charge is 0.291 e. The van der Waals surface area contributed by atoms with Gasteiger partial charge in [0.2, 0.25) is 5.82 Å². The molecule has 0 spiro atoms. The number of aromatic nitrogens is 9. The van der Waals surface area contributed by atoms with E-state index in [1.165, 1.54) is 17.8 Å². The van der Waals surface area contributed by atoms with Gasteiger partial charge >= 0.3 is 0 Å². The minimum Gasteiger partial charge on any atom is -0.383 e. The first-order valence-electron chi connectivity index (χ1n) is 12.8. The molecule has 1 amide bonds. The number of H-pyrrole nitrogens is 2. The summed E-state index contributed by atoms with van der Waals surface area (Å²) in [5.74, 6) is 0.179. The molecule has 13 nitrogen and oxygen atoms in total. The summed E-state index contributed by atoms with van der Waals surface area (Å²) in [7, 11) is 0. The third-order valence-electron chi connectivity index (χ3n) is 7.88. The first kappa shape index (κ1) is 23.2. The molecule has 7 heterocycles. The quantitative estimate of drug-likeness (QED) is 0.292. The monoisotopic (exact) mass is 523 g/mol. The molecule has 2 fully saturated rings. The summed E-state index contributed by atoms with van der Waals surface area (Å²) in [6.07, 6.45) is 11.3. The number of nitrogen functional groups attached to an aromatic ring is 1. The number of nitrogens with zero attached hydrogens (tertiary/aromatic N) is 8. The van der Waals surface area contributed by atoms with E-state index < -0.39 is 0 Å². The van der Waals surface area contributed by atoms with Gasteiger partial charge < -0.3 is 15.6 Å². The first-order chi connectivity index (χ1) is 19.0. The molecule has 5 aromatic rings. The van der Waals surface area contributed by atoms with Gasteiger partial charge in [0.15, 0.2) is 11.4 Å². The highest BCUT2D eigenvalue weighted by atomic mass is 16.2. The molecule has 2 aliphatic rings. The zero-order valence-electron chi connectivity index (χ0n) is 21.1. The maximum Gasteiger partial charge on any atom is 0.291 e. The minimum atomic E-state index is -0.160.